The summed E-state index contributed by atoms with van der Waals surface area (Å²) in [7, 11) is 0. The molecule has 0 aliphatic carbocycles. The Bertz CT molecular complexity index is 593. The van der Waals surface area contributed by atoms with Crippen LogP contribution in [0.3, 0.4) is 0 Å². The van der Waals surface area contributed by atoms with Crippen LogP contribution < -0.4 is 5.32 Å². The summed E-state index contributed by atoms with van der Waals surface area (Å²) >= 11 is 1.68. The van der Waals surface area contributed by atoms with Gasteiger partial charge in [-0.1, -0.05) is 6.07 Å². The molecule has 0 radical (unpaired) electrons. The second-order valence-corrected chi connectivity index (χ2v) is 7.10. The molecule has 0 aromatic carbocycles. The molecule has 4 nitrogen and oxygen atoms in total. The van der Waals surface area contributed by atoms with Crippen LogP contribution in [0.2, 0.25) is 0 Å². The van der Waals surface area contributed by atoms with E-state index in [0.717, 1.165) is 41.2 Å². The Kier molecular flexibility index (Phi) is 3.57. The number of piperidine rings is 1. The van der Waals surface area contributed by atoms with E-state index in [-0.39, 0.29) is 0 Å². The molecule has 0 unspecified atom stereocenters. The zero-order valence-electron chi connectivity index (χ0n) is 12.3. The SMILES string of the molecule is Cc1oc(-c2cccs2)nc1CN1C[C@@H]2CCCN[C@@H]2C1. The summed E-state index contributed by atoms with van der Waals surface area (Å²) in [5, 5.41) is 5.72. The third-order valence-corrected chi connectivity index (χ3v) is 5.53. The van der Waals surface area contributed by atoms with E-state index in [0.29, 0.717) is 6.04 Å². The molecule has 0 saturated carbocycles. The highest BCUT2D eigenvalue weighted by atomic mass is 32.1. The van der Waals surface area contributed by atoms with Gasteiger partial charge >= 0.3 is 0 Å². The Morgan fingerprint density at radius 3 is 3.24 bits per heavy atom. The average molecular weight is 303 g/mol. The van der Waals surface area contributed by atoms with Crippen molar-refractivity contribution in [1.29, 1.82) is 0 Å². The molecule has 0 bridgehead atoms. The molecular weight excluding hydrogens is 282 g/mol. The van der Waals surface area contributed by atoms with Gasteiger partial charge in [-0.05, 0) is 43.7 Å². The first-order valence-corrected chi connectivity index (χ1v) is 8.63. The van der Waals surface area contributed by atoms with Gasteiger partial charge in [0.25, 0.3) is 0 Å². The minimum Gasteiger partial charge on any atom is -0.440 e. The average Bonchev–Trinajstić information content (AvgIpc) is 3.19. The molecule has 2 aliphatic rings. The fourth-order valence-corrected chi connectivity index (χ4v) is 4.21. The Labute approximate surface area is 129 Å². The van der Waals surface area contributed by atoms with E-state index in [1.807, 2.05) is 13.0 Å². The molecule has 0 spiro atoms. The predicted molar refractivity (Wildman–Crippen MR) is 84.3 cm³/mol. The van der Waals surface area contributed by atoms with Crippen LogP contribution in [-0.2, 0) is 6.54 Å². The van der Waals surface area contributed by atoms with E-state index in [1.54, 1.807) is 11.3 Å². The molecule has 2 atom stereocenters. The van der Waals surface area contributed by atoms with Crippen molar-refractivity contribution in [2.45, 2.75) is 32.4 Å². The third kappa shape index (κ3) is 2.65. The molecule has 2 saturated heterocycles. The van der Waals surface area contributed by atoms with Gasteiger partial charge < -0.3 is 9.73 Å². The van der Waals surface area contributed by atoms with Gasteiger partial charge in [0, 0.05) is 25.7 Å². The number of hydrogen-bond acceptors (Lipinski definition) is 5. The summed E-state index contributed by atoms with van der Waals surface area (Å²) < 4.78 is 5.85. The molecular formula is C16H21N3OS. The van der Waals surface area contributed by atoms with Gasteiger partial charge in [-0.3, -0.25) is 4.90 Å². The van der Waals surface area contributed by atoms with Crippen molar-refractivity contribution in [3.63, 3.8) is 0 Å². The smallest absolute Gasteiger partial charge is 0.236 e. The number of oxazole rings is 1. The van der Waals surface area contributed by atoms with Crippen molar-refractivity contribution in [3.8, 4) is 10.8 Å². The second-order valence-electron chi connectivity index (χ2n) is 6.16. The van der Waals surface area contributed by atoms with Crippen LogP contribution in [0.1, 0.15) is 24.3 Å². The summed E-state index contributed by atoms with van der Waals surface area (Å²) in [5.74, 6) is 2.55. The number of aromatic nitrogens is 1. The molecule has 2 fully saturated rings. The van der Waals surface area contributed by atoms with Gasteiger partial charge in [-0.2, -0.15) is 0 Å². The normalized spacial score (nSPS) is 26.1. The van der Waals surface area contributed by atoms with Crippen molar-refractivity contribution in [1.82, 2.24) is 15.2 Å². The van der Waals surface area contributed by atoms with Gasteiger partial charge in [-0.15, -0.1) is 11.3 Å². The molecule has 21 heavy (non-hydrogen) atoms. The quantitative estimate of drug-likeness (QED) is 0.946. The van der Waals surface area contributed by atoms with E-state index < -0.39 is 0 Å². The lowest BCUT2D eigenvalue weighted by Crippen LogP contribution is -2.40. The van der Waals surface area contributed by atoms with E-state index in [4.69, 9.17) is 9.40 Å². The molecule has 2 aromatic rings. The molecule has 5 heteroatoms. The van der Waals surface area contributed by atoms with Gasteiger partial charge in [0.15, 0.2) is 0 Å². The van der Waals surface area contributed by atoms with Crippen LogP contribution in [0.4, 0.5) is 0 Å². The number of fused-ring (bicyclic) bond motifs is 1. The van der Waals surface area contributed by atoms with E-state index in [2.05, 4.69) is 21.7 Å². The topological polar surface area (TPSA) is 41.3 Å². The molecule has 4 heterocycles. The number of nitrogens with one attached hydrogen (secondary N) is 1. The molecule has 1 N–H and O–H groups in total. The lowest BCUT2D eigenvalue weighted by atomic mass is 9.94. The van der Waals surface area contributed by atoms with E-state index in [9.17, 15) is 0 Å². The molecule has 0 amide bonds. The monoisotopic (exact) mass is 303 g/mol. The Morgan fingerprint density at radius 2 is 2.43 bits per heavy atom. The van der Waals surface area contributed by atoms with Crippen molar-refractivity contribution in [2.24, 2.45) is 5.92 Å². The standard InChI is InChI=1S/C16H21N3OS/c1-11-13(18-16(20-11)15-5-3-7-21-15)9-19-8-12-4-2-6-17-14(12)10-19/h3,5,7,12,14,17H,2,4,6,8-10H2,1H3/t12-,14+/m0/s1. The highest BCUT2D eigenvalue weighted by Gasteiger charge is 2.34. The van der Waals surface area contributed by atoms with Crippen LogP contribution in [0.25, 0.3) is 10.8 Å². The maximum atomic E-state index is 5.85. The Morgan fingerprint density at radius 1 is 1.48 bits per heavy atom. The summed E-state index contributed by atoms with van der Waals surface area (Å²) in [5.41, 5.74) is 1.09. The zero-order valence-corrected chi connectivity index (χ0v) is 13.2. The maximum absolute atomic E-state index is 5.85. The van der Waals surface area contributed by atoms with Crippen molar-refractivity contribution in [3.05, 3.63) is 29.0 Å². The minimum absolute atomic E-state index is 0.683. The largest absolute Gasteiger partial charge is 0.440 e. The van der Waals surface area contributed by atoms with Gasteiger partial charge in [0.05, 0.1) is 10.6 Å². The fraction of sp³-hybridized carbons (Fsp3) is 0.562. The molecule has 112 valence electrons. The summed E-state index contributed by atoms with van der Waals surface area (Å²) in [6.45, 7) is 6.46. The van der Waals surface area contributed by atoms with Crippen LogP contribution >= 0.6 is 11.3 Å². The zero-order chi connectivity index (χ0) is 14.2. The van der Waals surface area contributed by atoms with Crippen molar-refractivity contribution in [2.75, 3.05) is 19.6 Å². The van der Waals surface area contributed by atoms with Crippen LogP contribution in [-0.4, -0.2) is 35.6 Å². The van der Waals surface area contributed by atoms with Crippen LogP contribution in [0.15, 0.2) is 21.9 Å². The number of hydrogen-bond donors (Lipinski definition) is 1. The Hall–Kier alpha value is -1.17. The van der Waals surface area contributed by atoms with Gasteiger partial charge in [-0.25, -0.2) is 4.98 Å². The highest BCUT2D eigenvalue weighted by Crippen LogP contribution is 2.29. The number of thiophene rings is 1. The van der Waals surface area contributed by atoms with Gasteiger partial charge in [0.1, 0.15) is 5.76 Å². The lowest BCUT2D eigenvalue weighted by Gasteiger charge is -2.24. The summed E-state index contributed by atoms with van der Waals surface area (Å²) in [6, 6.07) is 4.78. The number of likely N-dealkylation sites (tertiary alicyclic amines) is 1. The number of nitrogens with zero attached hydrogens (tertiary/aromatic N) is 2. The van der Waals surface area contributed by atoms with Gasteiger partial charge in [0.2, 0.25) is 5.89 Å². The summed E-state index contributed by atoms with van der Waals surface area (Å²) in [4.78, 5) is 8.35. The molecule has 4 rings (SSSR count). The van der Waals surface area contributed by atoms with Crippen molar-refractivity contribution >= 4 is 11.3 Å². The highest BCUT2D eigenvalue weighted by molar-refractivity contribution is 7.13. The van der Waals surface area contributed by atoms with Crippen molar-refractivity contribution < 1.29 is 4.42 Å². The minimum atomic E-state index is 0.683. The first-order valence-electron chi connectivity index (χ1n) is 7.75. The number of rotatable bonds is 3. The first-order chi connectivity index (χ1) is 10.3. The predicted octanol–water partition coefficient (Wildman–Crippen LogP) is 2.90. The van der Waals surface area contributed by atoms with E-state index >= 15 is 0 Å². The Balaban J connectivity index is 1.48. The third-order valence-electron chi connectivity index (χ3n) is 4.67. The molecule has 2 aromatic heterocycles. The number of aryl methyl sites for hydroxylation is 1. The van der Waals surface area contributed by atoms with E-state index in [1.165, 1.54) is 25.9 Å². The summed E-state index contributed by atoms with van der Waals surface area (Å²) in [6.07, 6.45) is 2.69. The maximum Gasteiger partial charge on any atom is 0.236 e. The molecule has 2 aliphatic heterocycles. The van der Waals surface area contributed by atoms with Crippen LogP contribution in [0, 0.1) is 12.8 Å². The first kappa shape index (κ1) is 13.5. The van der Waals surface area contributed by atoms with Crippen LogP contribution in [0.5, 0.6) is 0 Å². The lowest BCUT2D eigenvalue weighted by molar-refractivity contribution is 0.308. The second kappa shape index (κ2) is 5.55. The fourth-order valence-electron chi connectivity index (χ4n) is 3.56.